The van der Waals surface area contributed by atoms with Gasteiger partial charge in [0.1, 0.15) is 11.7 Å². The SMILES string of the molecule is CCO[P+]1([O-])Oc2ccc(C(C)C)cc2[C@H]2[C@@H]1C[C@H](C(=O)OC)N2C. The lowest BCUT2D eigenvalue weighted by molar-refractivity contribution is -0.215. The van der Waals surface area contributed by atoms with Gasteiger partial charge in [-0.25, -0.2) is 4.52 Å². The van der Waals surface area contributed by atoms with Gasteiger partial charge in [0, 0.05) is 12.0 Å². The van der Waals surface area contributed by atoms with E-state index in [9.17, 15) is 9.69 Å². The maximum absolute atomic E-state index is 13.4. The van der Waals surface area contributed by atoms with E-state index in [0.717, 1.165) is 5.56 Å². The molecular weight excluding hydrogens is 341 g/mol. The van der Waals surface area contributed by atoms with E-state index < -0.39 is 14.0 Å². The molecule has 1 aromatic rings. The van der Waals surface area contributed by atoms with Gasteiger partial charge in [-0.3, -0.25) is 9.69 Å². The summed E-state index contributed by atoms with van der Waals surface area (Å²) in [5, 5.41) is 0. The first-order chi connectivity index (χ1) is 11.8. The van der Waals surface area contributed by atoms with Crippen LogP contribution in [0, 0.1) is 0 Å². The average molecular weight is 367 g/mol. The second-order valence-electron chi connectivity index (χ2n) is 6.95. The summed E-state index contributed by atoms with van der Waals surface area (Å²) >= 11 is 0. The number of rotatable bonds is 4. The zero-order valence-electron chi connectivity index (χ0n) is 15.4. The summed E-state index contributed by atoms with van der Waals surface area (Å²) in [6.07, 6.45) is 0.399. The van der Waals surface area contributed by atoms with Crippen molar-refractivity contribution < 1.29 is 23.5 Å². The van der Waals surface area contributed by atoms with Gasteiger partial charge in [0.25, 0.3) is 7.94 Å². The lowest BCUT2D eigenvalue weighted by Crippen LogP contribution is -2.39. The fraction of sp³-hybridized carbons (Fsp3) is 0.611. The van der Waals surface area contributed by atoms with E-state index >= 15 is 0 Å². The molecule has 3 rings (SSSR count). The van der Waals surface area contributed by atoms with Crippen LogP contribution < -0.4 is 9.42 Å². The molecule has 25 heavy (non-hydrogen) atoms. The number of likely N-dealkylation sites (tertiary alicyclic amines) is 1. The minimum atomic E-state index is -3.36. The van der Waals surface area contributed by atoms with Crippen LogP contribution in [-0.2, 0) is 14.1 Å². The van der Waals surface area contributed by atoms with Crippen LogP contribution in [0.2, 0.25) is 0 Å². The molecule has 1 fully saturated rings. The van der Waals surface area contributed by atoms with Crippen LogP contribution in [0.1, 0.15) is 50.3 Å². The number of nitrogens with zero attached hydrogens (tertiary/aromatic N) is 1. The molecule has 2 aliphatic rings. The third-order valence-corrected chi connectivity index (χ3v) is 7.57. The molecule has 0 aromatic heterocycles. The van der Waals surface area contributed by atoms with Crippen LogP contribution in [-0.4, -0.2) is 43.3 Å². The Morgan fingerprint density at radius 1 is 1.48 bits per heavy atom. The summed E-state index contributed by atoms with van der Waals surface area (Å²) in [7, 11) is -0.111. The Morgan fingerprint density at radius 2 is 2.20 bits per heavy atom. The zero-order chi connectivity index (χ0) is 18.4. The number of ether oxygens (including phenoxy) is 1. The van der Waals surface area contributed by atoms with Gasteiger partial charge in [-0.05, 0) is 37.6 Å². The number of carbonyl (C=O) groups is 1. The van der Waals surface area contributed by atoms with Crippen LogP contribution in [0.5, 0.6) is 5.75 Å². The molecule has 0 spiro atoms. The van der Waals surface area contributed by atoms with Crippen molar-refractivity contribution in [1.82, 2.24) is 4.90 Å². The van der Waals surface area contributed by atoms with Gasteiger partial charge in [-0.2, -0.15) is 0 Å². The molecule has 0 radical (unpaired) electrons. The van der Waals surface area contributed by atoms with Crippen LogP contribution >= 0.6 is 7.94 Å². The Bertz CT molecular complexity index is 667. The summed E-state index contributed by atoms with van der Waals surface area (Å²) in [5.74, 6) is 0.633. The van der Waals surface area contributed by atoms with Crippen LogP contribution in [0.15, 0.2) is 18.2 Å². The van der Waals surface area contributed by atoms with Crippen LogP contribution in [0.3, 0.4) is 0 Å². The van der Waals surface area contributed by atoms with Gasteiger partial charge in [-0.15, -0.1) is 0 Å². The molecule has 0 bridgehead atoms. The van der Waals surface area contributed by atoms with Gasteiger partial charge in [-0.1, -0.05) is 19.9 Å². The van der Waals surface area contributed by atoms with E-state index in [0.29, 0.717) is 24.7 Å². The summed E-state index contributed by atoms with van der Waals surface area (Å²) in [6, 6.07) is 5.32. The number of fused-ring (bicyclic) bond motifs is 3. The number of methoxy groups -OCH3 is 1. The molecule has 1 saturated heterocycles. The van der Waals surface area contributed by atoms with Crippen molar-refractivity contribution in [1.29, 1.82) is 0 Å². The molecule has 0 aliphatic carbocycles. The molecule has 0 saturated carbocycles. The highest BCUT2D eigenvalue weighted by atomic mass is 31.2. The van der Waals surface area contributed by atoms with E-state index in [-0.39, 0.29) is 17.7 Å². The maximum atomic E-state index is 13.4. The van der Waals surface area contributed by atoms with Crippen LogP contribution in [0.4, 0.5) is 0 Å². The minimum absolute atomic E-state index is 0.191. The van der Waals surface area contributed by atoms with Gasteiger partial charge in [0.15, 0.2) is 5.75 Å². The van der Waals surface area contributed by atoms with Crippen molar-refractivity contribution in [2.45, 2.75) is 50.9 Å². The lowest BCUT2D eigenvalue weighted by Gasteiger charge is -2.40. The first-order valence-electron chi connectivity index (χ1n) is 8.69. The molecule has 0 amide bonds. The van der Waals surface area contributed by atoms with Crippen molar-refractivity contribution in [2.75, 3.05) is 20.8 Å². The third-order valence-electron chi connectivity index (χ3n) is 5.19. The highest BCUT2D eigenvalue weighted by Crippen LogP contribution is 2.69. The third kappa shape index (κ3) is 3.06. The number of carbonyl (C=O) groups excluding carboxylic acids is 1. The van der Waals surface area contributed by atoms with E-state index in [1.807, 2.05) is 24.1 Å². The van der Waals surface area contributed by atoms with Gasteiger partial charge >= 0.3 is 5.97 Å². The number of benzene rings is 1. The predicted molar refractivity (Wildman–Crippen MR) is 94.4 cm³/mol. The van der Waals surface area contributed by atoms with Crippen molar-refractivity contribution in [3.8, 4) is 5.75 Å². The number of hydrogen-bond donors (Lipinski definition) is 0. The molecule has 6 nitrogen and oxygen atoms in total. The highest BCUT2D eigenvalue weighted by molar-refractivity contribution is 7.60. The minimum Gasteiger partial charge on any atom is -0.624 e. The van der Waals surface area contributed by atoms with Gasteiger partial charge in [0.05, 0.1) is 19.8 Å². The highest BCUT2D eigenvalue weighted by Gasteiger charge is 2.60. The smallest absolute Gasteiger partial charge is 0.323 e. The topological polar surface area (TPSA) is 71.1 Å². The summed E-state index contributed by atoms with van der Waals surface area (Å²) in [6.45, 7) is 6.35. The van der Waals surface area contributed by atoms with Crippen molar-refractivity contribution in [3.05, 3.63) is 29.3 Å². The fourth-order valence-electron chi connectivity index (χ4n) is 3.86. The number of likely N-dealkylation sites (N-methyl/N-ethyl adjacent to an activating group) is 1. The summed E-state index contributed by atoms with van der Waals surface area (Å²) in [5.41, 5.74) is 1.77. The second-order valence-corrected chi connectivity index (χ2v) is 9.14. The Morgan fingerprint density at radius 3 is 2.80 bits per heavy atom. The van der Waals surface area contributed by atoms with Crippen molar-refractivity contribution in [2.24, 2.45) is 0 Å². The number of esters is 1. The normalized spacial score (nSPS) is 31.4. The molecule has 138 valence electrons. The van der Waals surface area contributed by atoms with Crippen molar-refractivity contribution in [3.63, 3.8) is 0 Å². The molecule has 0 N–H and O–H groups in total. The molecular formula is C18H26NO5P. The second kappa shape index (κ2) is 6.84. The standard InChI is InChI=1S/C18H26NO5P/c1-6-23-25(21)16-10-14(18(20)22-5)19(4)17(16)13-9-12(11(2)3)7-8-15(13)24-25/h7-9,11,14,16-17H,6,10H2,1-5H3/t14-,16+,17+,25?/m1/s1. The van der Waals surface area contributed by atoms with Crippen LogP contribution in [0.25, 0.3) is 0 Å². The molecule has 2 heterocycles. The van der Waals surface area contributed by atoms with Gasteiger partial charge < -0.3 is 14.2 Å². The maximum Gasteiger partial charge on any atom is 0.323 e. The van der Waals surface area contributed by atoms with E-state index in [2.05, 4.69) is 19.9 Å². The molecule has 1 aromatic carbocycles. The van der Waals surface area contributed by atoms with E-state index in [1.54, 1.807) is 6.92 Å². The lowest BCUT2D eigenvalue weighted by atomic mass is 9.95. The monoisotopic (exact) mass is 367 g/mol. The molecule has 2 aliphatic heterocycles. The Labute approximate surface area is 149 Å². The van der Waals surface area contributed by atoms with Gasteiger partial charge in [0.2, 0.25) is 0 Å². The molecule has 4 atom stereocenters. The van der Waals surface area contributed by atoms with Crippen molar-refractivity contribution >= 4 is 13.9 Å². The van der Waals surface area contributed by atoms with E-state index in [4.69, 9.17) is 13.8 Å². The largest absolute Gasteiger partial charge is 0.624 e. The Kier molecular flexibility index (Phi) is 5.09. The molecule has 7 heteroatoms. The number of hydrogen-bond acceptors (Lipinski definition) is 6. The Hall–Kier alpha value is -1.20. The molecule has 1 unspecified atom stereocenters. The average Bonchev–Trinajstić information content (AvgIpc) is 2.93. The summed E-state index contributed by atoms with van der Waals surface area (Å²) < 4.78 is 16.4. The van der Waals surface area contributed by atoms with E-state index in [1.165, 1.54) is 12.7 Å². The Balaban J connectivity index is 2.09. The summed E-state index contributed by atoms with van der Waals surface area (Å²) in [4.78, 5) is 27.5. The fourth-order valence-corrected chi connectivity index (χ4v) is 6.22. The first kappa shape index (κ1) is 18.6. The predicted octanol–water partition coefficient (Wildman–Crippen LogP) is 2.65. The zero-order valence-corrected chi connectivity index (χ0v) is 16.3. The quantitative estimate of drug-likeness (QED) is 0.602. The first-order valence-corrected chi connectivity index (χ1v) is 10.3.